The van der Waals surface area contributed by atoms with E-state index in [-0.39, 0.29) is 0 Å². The molecule has 0 aliphatic rings. The number of fused-ring (bicyclic) bond motifs is 4. The van der Waals surface area contributed by atoms with E-state index in [1.807, 2.05) is 23.5 Å². The van der Waals surface area contributed by atoms with Crippen molar-refractivity contribution >= 4 is 42.3 Å². The molecule has 59 heavy (non-hydrogen) atoms. The van der Waals surface area contributed by atoms with E-state index in [1.165, 1.54) is 47.6 Å². The summed E-state index contributed by atoms with van der Waals surface area (Å²) in [6.45, 7) is 0. The highest BCUT2D eigenvalue weighted by Crippen LogP contribution is 2.44. The molecule has 0 saturated carbocycles. The summed E-state index contributed by atoms with van der Waals surface area (Å²) in [7, 11) is 0. The molecule has 0 spiro atoms. The van der Waals surface area contributed by atoms with E-state index in [1.54, 1.807) is 0 Å². The van der Waals surface area contributed by atoms with E-state index in [0.29, 0.717) is 17.5 Å². The van der Waals surface area contributed by atoms with Gasteiger partial charge in [0.2, 0.25) is 0 Å². The maximum atomic E-state index is 5.21. The average Bonchev–Trinajstić information content (AvgIpc) is 3.71. The number of thiophene rings is 1. The van der Waals surface area contributed by atoms with Gasteiger partial charge in [-0.05, 0) is 67.4 Å². The molecule has 0 aliphatic carbocycles. The van der Waals surface area contributed by atoms with Crippen molar-refractivity contribution in [1.82, 2.24) is 15.0 Å². The van der Waals surface area contributed by atoms with Crippen LogP contribution in [0.5, 0.6) is 0 Å². The highest BCUT2D eigenvalue weighted by Gasteiger charge is 2.19. The Morgan fingerprint density at radius 3 is 1.29 bits per heavy atom. The Labute approximate surface area is 346 Å². The summed E-state index contributed by atoms with van der Waals surface area (Å²) < 4.78 is 2.62. The molecule has 0 amide bonds. The van der Waals surface area contributed by atoms with Crippen LogP contribution in [0.1, 0.15) is 0 Å². The van der Waals surface area contributed by atoms with Crippen LogP contribution in [0.4, 0.5) is 0 Å². The zero-order chi connectivity index (χ0) is 39.1. The summed E-state index contributed by atoms with van der Waals surface area (Å²) in [5.74, 6) is 1.89. The normalized spacial score (nSPS) is 11.4. The van der Waals surface area contributed by atoms with Gasteiger partial charge in [-0.1, -0.05) is 200 Å². The maximum Gasteiger partial charge on any atom is 0.164 e. The summed E-state index contributed by atoms with van der Waals surface area (Å²) in [6.07, 6.45) is 0. The largest absolute Gasteiger partial charge is 0.208 e. The van der Waals surface area contributed by atoms with E-state index in [2.05, 4.69) is 200 Å². The monoisotopic (exact) mass is 769 g/mol. The second-order valence-corrected chi connectivity index (χ2v) is 15.8. The van der Waals surface area contributed by atoms with Gasteiger partial charge in [0.25, 0.3) is 0 Å². The van der Waals surface area contributed by atoms with Crippen molar-refractivity contribution in [2.24, 2.45) is 0 Å². The third-order valence-corrected chi connectivity index (χ3v) is 12.3. The van der Waals surface area contributed by atoms with Crippen molar-refractivity contribution in [1.29, 1.82) is 0 Å². The van der Waals surface area contributed by atoms with E-state index in [4.69, 9.17) is 15.0 Å². The van der Waals surface area contributed by atoms with Crippen LogP contribution in [0, 0.1) is 0 Å². The highest BCUT2D eigenvalue weighted by atomic mass is 32.1. The van der Waals surface area contributed by atoms with Gasteiger partial charge in [0, 0.05) is 36.9 Å². The molecule has 0 aliphatic heterocycles. The first-order chi connectivity index (χ1) is 29.3. The minimum absolute atomic E-state index is 0.624. The van der Waals surface area contributed by atoms with Crippen LogP contribution in [0.15, 0.2) is 212 Å². The first-order valence-corrected chi connectivity index (χ1v) is 20.7. The van der Waals surface area contributed by atoms with Crippen molar-refractivity contribution in [3.8, 4) is 78.7 Å². The van der Waals surface area contributed by atoms with Crippen molar-refractivity contribution in [3.05, 3.63) is 212 Å². The van der Waals surface area contributed by atoms with Gasteiger partial charge in [-0.15, -0.1) is 11.3 Å². The Morgan fingerprint density at radius 2 is 0.661 bits per heavy atom. The number of nitrogens with zero attached hydrogens (tertiary/aromatic N) is 3. The van der Waals surface area contributed by atoms with Gasteiger partial charge in [0.05, 0.1) is 0 Å². The minimum atomic E-state index is 0.624. The molecule has 0 saturated heterocycles. The fraction of sp³-hybridized carbons (Fsp3) is 0. The molecule has 0 fully saturated rings. The number of hydrogen-bond donors (Lipinski definition) is 0. The Kier molecular flexibility index (Phi) is 8.68. The predicted molar refractivity (Wildman–Crippen MR) is 248 cm³/mol. The molecule has 0 unspecified atom stereocenters. The SMILES string of the molecule is c1ccc(-c2ccccc2-c2nc(-c3ccc(-c4ccc(-c5cccc6sc7ccccc7c56)c5ccccc45)cc3)nc(-c3ccccc3-c3ccccc3)n2)cc1. The topological polar surface area (TPSA) is 38.7 Å². The predicted octanol–water partition coefficient (Wildman–Crippen LogP) is 15.1. The number of aromatic nitrogens is 3. The van der Waals surface area contributed by atoms with Crippen LogP contribution in [-0.2, 0) is 0 Å². The first kappa shape index (κ1) is 34.7. The Morgan fingerprint density at radius 1 is 0.237 bits per heavy atom. The number of rotatable bonds is 7. The van der Waals surface area contributed by atoms with Crippen molar-refractivity contribution in [3.63, 3.8) is 0 Å². The van der Waals surface area contributed by atoms with Crippen LogP contribution in [0.25, 0.3) is 110 Å². The van der Waals surface area contributed by atoms with Gasteiger partial charge in [-0.3, -0.25) is 0 Å². The first-order valence-electron chi connectivity index (χ1n) is 19.9. The molecule has 0 atom stereocenters. The molecule has 3 nitrogen and oxygen atoms in total. The quantitative estimate of drug-likeness (QED) is 0.162. The molecule has 0 bridgehead atoms. The minimum Gasteiger partial charge on any atom is -0.208 e. The molecule has 0 N–H and O–H groups in total. The highest BCUT2D eigenvalue weighted by molar-refractivity contribution is 7.25. The van der Waals surface area contributed by atoms with Gasteiger partial charge in [0.1, 0.15) is 0 Å². The summed E-state index contributed by atoms with van der Waals surface area (Å²) in [6, 6.07) is 75.1. The van der Waals surface area contributed by atoms with Crippen LogP contribution in [0.2, 0.25) is 0 Å². The van der Waals surface area contributed by atoms with Gasteiger partial charge in [-0.2, -0.15) is 0 Å². The molecule has 4 heteroatoms. The zero-order valence-corrected chi connectivity index (χ0v) is 32.8. The fourth-order valence-electron chi connectivity index (χ4n) is 8.42. The number of hydrogen-bond acceptors (Lipinski definition) is 4. The van der Waals surface area contributed by atoms with Crippen molar-refractivity contribution < 1.29 is 0 Å². The molecule has 9 aromatic carbocycles. The third kappa shape index (κ3) is 6.27. The molecule has 11 rings (SSSR count). The lowest BCUT2D eigenvalue weighted by molar-refractivity contribution is 1.07. The molecular weight excluding hydrogens is 735 g/mol. The molecule has 2 heterocycles. The smallest absolute Gasteiger partial charge is 0.164 e. The maximum absolute atomic E-state index is 5.21. The van der Waals surface area contributed by atoms with E-state index in [0.717, 1.165) is 44.5 Å². The summed E-state index contributed by atoms with van der Waals surface area (Å²) in [5, 5.41) is 5.08. The van der Waals surface area contributed by atoms with E-state index >= 15 is 0 Å². The van der Waals surface area contributed by atoms with Crippen LogP contribution < -0.4 is 0 Å². The standard InChI is InChI=1S/C55H35N3S/c1-3-16-36(17-4-1)40-20-7-11-24-47(40)54-56-53(57-55(58-54)48-25-12-8-21-41(48)37-18-5-2-6-19-37)39-32-30-38(31-33-39)42-34-35-45(44-23-10-9-22-43(42)44)46-27-15-29-51-52(46)49-26-13-14-28-50(49)59-51/h1-35H. The molecular formula is C55H35N3S. The van der Waals surface area contributed by atoms with Crippen LogP contribution in [0.3, 0.4) is 0 Å². The second kappa shape index (κ2) is 14.8. The molecule has 2 aromatic heterocycles. The van der Waals surface area contributed by atoms with Crippen LogP contribution >= 0.6 is 11.3 Å². The van der Waals surface area contributed by atoms with E-state index < -0.39 is 0 Å². The van der Waals surface area contributed by atoms with Crippen molar-refractivity contribution in [2.45, 2.75) is 0 Å². The van der Waals surface area contributed by atoms with Crippen LogP contribution in [-0.4, -0.2) is 15.0 Å². The summed E-state index contributed by atoms with van der Waals surface area (Å²) >= 11 is 1.86. The lowest BCUT2D eigenvalue weighted by atomic mass is 9.90. The Hall–Kier alpha value is -7.53. The lowest BCUT2D eigenvalue weighted by Crippen LogP contribution is -2.02. The second-order valence-electron chi connectivity index (χ2n) is 14.7. The summed E-state index contributed by atoms with van der Waals surface area (Å²) in [5.41, 5.74) is 12.0. The van der Waals surface area contributed by atoms with Gasteiger partial charge in [0.15, 0.2) is 17.5 Å². The van der Waals surface area contributed by atoms with Gasteiger partial charge >= 0.3 is 0 Å². The zero-order valence-electron chi connectivity index (χ0n) is 32.0. The van der Waals surface area contributed by atoms with Gasteiger partial charge < -0.3 is 0 Å². The summed E-state index contributed by atoms with van der Waals surface area (Å²) in [4.78, 5) is 15.6. The molecule has 0 radical (unpaired) electrons. The molecule has 276 valence electrons. The Balaban J connectivity index is 1.04. The number of benzene rings is 9. The third-order valence-electron chi connectivity index (χ3n) is 11.2. The van der Waals surface area contributed by atoms with Crippen molar-refractivity contribution in [2.75, 3.05) is 0 Å². The van der Waals surface area contributed by atoms with E-state index in [9.17, 15) is 0 Å². The molecule has 11 aromatic rings. The Bertz CT molecular complexity index is 3210. The van der Waals surface area contributed by atoms with Gasteiger partial charge in [-0.25, -0.2) is 15.0 Å². The lowest BCUT2D eigenvalue weighted by Gasteiger charge is -2.15. The average molecular weight is 770 g/mol. The fourth-order valence-corrected chi connectivity index (χ4v) is 9.56.